The first-order chi connectivity index (χ1) is 14.6. The SMILES string of the molecule is COc1cc(/C=C2\C(=O)NC(=S)N(c3cc(C)ccc3C)C2=O)cc(Cl)c1OC(C)C. The Kier molecular flexibility index (Phi) is 6.67. The number of anilines is 1. The van der Waals surface area contributed by atoms with Gasteiger partial charge in [-0.15, -0.1) is 0 Å². The fraction of sp³-hybridized carbons (Fsp3) is 0.261. The first kappa shape index (κ1) is 22.8. The highest BCUT2D eigenvalue weighted by Gasteiger charge is 2.35. The van der Waals surface area contributed by atoms with Crippen molar-refractivity contribution >= 4 is 52.5 Å². The summed E-state index contributed by atoms with van der Waals surface area (Å²) in [4.78, 5) is 27.2. The van der Waals surface area contributed by atoms with Gasteiger partial charge in [-0.3, -0.25) is 19.8 Å². The molecular weight excluding hydrogens is 436 g/mol. The lowest BCUT2D eigenvalue weighted by molar-refractivity contribution is -0.122. The van der Waals surface area contributed by atoms with Gasteiger partial charge in [-0.1, -0.05) is 23.7 Å². The molecule has 2 aromatic rings. The Bertz CT molecular complexity index is 1110. The van der Waals surface area contributed by atoms with Crippen LogP contribution in [-0.4, -0.2) is 30.1 Å². The molecule has 1 aliphatic rings. The van der Waals surface area contributed by atoms with Gasteiger partial charge in [0.1, 0.15) is 5.57 Å². The largest absolute Gasteiger partial charge is 0.493 e. The molecule has 162 valence electrons. The van der Waals surface area contributed by atoms with Crippen LogP contribution in [0.3, 0.4) is 0 Å². The molecule has 0 atom stereocenters. The van der Waals surface area contributed by atoms with E-state index in [0.29, 0.717) is 27.8 Å². The number of methoxy groups -OCH3 is 1. The van der Waals surface area contributed by atoms with Crippen LogP contribution in [0, 0.1) is 13.8 Å². The number of rotatable bonds is 5. The molecule has 0 radical (unpaired) electrons. The molecule has 0 aromatic heterocycles. The molecule has 1 heterocycles. The van der Waals surface area contributed by atoms with E-state index in [4.69, 9.17) is 33.3 Å². The van der Waals surface area contributed by atoms with Crippen LogP contribution in [-0.2, 0) is 9.59 Å². The number of nitrogens with zero attached hydrogens (tertiary/aromatic N) is 1. The van der Waals surface area contributed by atoms with Gasteiger partial charge in [0.05, 0.1) is 23.9 Å². The van der Waals surface area contributed by atoms with Crippen molar-refractivity contribution in [3.63, 3.8) is 0 Å². The number of halogens is 1. The van der Waals surface area contributed by atoms with E-state index in [1.165, 1.54) is 18.1 Å². The molecule has 1 saturated heterocycles. The Labute approximate surface area is 191 Å². The molecule has 3 rings (SSSR count). The highest BCUT2D eigenvalue weighted by molar-refractivity contribution is 7.80. The van der Waals surface area contributed by atoms with E-state index in [-0.39, 0.29) is 16.8 Å². The normalized spacial score (nSPS) is 15.5. The lowest BCUT2D eigenvalue weighted by atomic mass is 10.0. The highest BCUT2D eigenvalue weighted by Crippen LogP contribution is 2.38. The van der Waals surface area contributed by atoms with Crippen molar-refractivity contribution < 1.29 is 19.1 Å². The quantitative estimate of drug-likeness (QED) is 0.403. The van der Waals surface area contributed by atoms with Gasteiger partial charge in [0.2, 0.25) is 0 Å². The Balaban J connectivity index is 2.06. The highest BCUT2D eigenvalue weighted by atomic mass is 35.5. The maximum absolute atomic E-state index is 13.3. The number of amides is 2. The molecule has 2 amide bonds. The minimum atomic E-state index is -0.575. The summed E-state index contributed by atoms with van der Waals surface area (Å²) in [5.74, 6) is -0.285. The first-order valence-corrected chi connectivity index (χ1v) is 10.4. The van der Waals surface area contributed by atoms with Crippen molar-refractivity contribution in [2.24, 2.45) is 0 Å². The fourth-order valence-corrected chi connectivity index (χ4v) is 3.71. The van der Waals surface area contributed by atoms with E-state index in [1.807, 2.05) is 45.9 Å². The van der Waals surface area contributed by atoms with Gasteiger partial charge < -0.3 is 9.47 Å². The first-order valence-electron chi connectivity index (χ1n) is 9.65. The monoisotopic (exact) mass is 458 g/mol. The zero-order valence-corrected chi connectivity index (χ0v) is 19.5. The van der Waals surface area contributed by atoms with E-state index in [2.05, 4.69) is 5.32 Å². The molecule has 1 aliphatic heterocycles. The minimum Gasteiger partial charge on any atom is -0.493 e. The third kappa shape index (κ3) is 4.73. The van der Waals surface area contributed by atoms with Crippen LogP contribution in [0.2, 0.25) is 5.02 Å². The molecule has 6 nitrogen and oxygen atoms in total. The van der Waals surface area contributed by atoms with Crippen LogP contribution in [0.5, 0.6) is 11.5 Å². The summed E-state index contributed by atoms with van der Waals surface area (Å²) in [6.07, 6.45) is 1.36. The van der Waals surface area contributed by atoms with E-state index >= 15 is 0 Å². The predicted octanol–water partition coefficient (Wildman–Crippen LogP) is 4.58. The zero-order chi connectivity index (χ0) is 22.9. The van der Waals surface area contributed by atoms with Gasteiger partial charge >= 0.3 is 0 Å². The average molecular weight is 459 g/mol. The van der Waals surface area contributed by atoms with Crippen LogP contribution in [0.25, 0.3) is 6.08 Å². The molecule has 0 saturated carbocycles. The van der Waals surface area contributed by atoms with Gasteiger partial charge in [0.15, 0.2) is 16.6 Å². The number of aryl methyl sites for hydroxylation is 2. The van der Waals surface area contributed by atoms with Crippen molar-refractivity contribution in [1.29, 1.82) is 0 Å². The number of carbonyl (C=O) groups excluding carboxylic acids is 2. The van der Waals surface area contributed by atoms with Gasteiger partial charge in [-0.25, -0.2) is 0 Å². The summed E-state index contributed by atoms with van der Waals surface area (Å²) in [7, 11) is 1.49. The third-order valence-corrected chi connectivity index (χ3v) is 5.19. The number of benzene rings is 2. The van der Waals surface area contributed by atoms with Gasteiger partial charge in [0.25, 0.3) is 11.8 Å². The summed E-state index contributed by atoms with van der Waals surface area (Å²) in [6, 6.07) is 8.97. The molecule has 31 heavy (non-hydrogen) atoms. The van der Waals surface area contributed by atoms with Crippen LogP contribution in [0.4, 0.5) is 5.69 Å². The topological polar surface area (TPSA) is 67.9 Å². The maximum atomic E-state index is 13.3. The molecule has 0 bridgehead atoms. The molecular formula is C23H23ClN2O4S. The lowest BCUT2D eigenvalue weighted by Gasteiger charge is -2.30. The predicted molar refractivity (Wildman–Crippen MR) is 126 cm³/mol. The second-order valence-corrected chi connectivity index (χ2v) is 8.24. The number of ether oxygens (including phenoxy) is 2. The summed E-state index contributed by atoms with van der Waals surface area (Å²) in [5, 5.41) is 2.95. The van der Waals surface area contributed by atoms with Crippen LogP contribution >= 0.6 is 23.8 Å². The standard InChI is InChI=1S/C23H23ClN2O4S/c1-12(2)30-20-17(24)10-15(11-19(20)29-5)9-16-21(27)25-23(31)26(22(16)28)18-8-13(3)6-7-14(18)4/h6-12H,1-5H3,(H,25,27,31)/b16-9+. The number of carbonyl (C=O) groups is 2. The van der Waals surface area contributed by atoms with Crippen molar-refractivity contribution in [3.05, 3.63) is 57.6 Å². The summed E-state index contributed by atoms with van der Waals surface area (Å²) >= 11 is 11.7. The summed E-state index contributed by atoms with van der Waals surface area (Å²) in [6.45, 7) is 7.55. The Morgan fingerprint density at radius 1 is 1.16 bits per heavy atom. The smallest absolute Gasteiger partial charge is 0.270 e. The van der Waals surface area contributed by atoms with Gasteiger partial charge in [-0.2, -0.15) is 0 Å². The van der Waals surface area contributed by atoms with Crippen LogP contribution in [0.1, 0.15) is 30.5 Å². The number of hydrogen-bond acceptors (Lipinski definition) is 5. The van der Waals surface area contributed by atoms with Crippen molar-refractivity contribution in [3.8, 4) is 11.5 Å². The number of hydrogen-bond donors (Lipinski definition) is 1. The number of thiocarbonyl (C=S) groups is 1. The molecule has 0 aliphatic carbocycles. The fourth-order valence-electron chi connectivity index (χ4n) is 3.18. The summed E-state index contributed by atoms with van der Waals surface area (Å²) in [5.41, 5.74) is 2.90. The molecule has 8 heteroatoms. The van der Waals surface area contributed by atoms with E-state index in [0.717, 1.165) is 11.1 Å². The molecule has 0 spiro atoms. The van der Waals surface area contributed by atoms with Crippen molar-refractivity contribution in [2.45, 2.75) is 33.8 Å². The van der Waals surface area contributed by atoms with Crippen molar-refractivity contribution in [1.82, 2.24) is 5.32 Å². The van der Waals surface area contributed by atoms with Crippen LogP contribution < -0.4 is 19.7 Å². The lowest BCUT2D eigenvalue weighted by Crippen LogP contribution is -2.54. The molecule has 1 fully saturated rings. The van der Waals surface area contributed by atoms with E-state index in [1.54, 1.807) is 12.1 Å². The van der Waals surface area contributed by atoms with E-state index < -0.39 is 11.8 Å². The number of nitrogens with one attached hydrogen (secondary N) is 1. The van der Waals surface area contributed by atoms with Gasteiger partial charge in [0, 0.05) is 0 Å². The van der Waals surface area contributed by atoms with E-state index in [9.17, 15) is 9.59 Å². The third-order valence-electron chi connectivity index (χ3n) is 4.62. The second-order valence-electron chi connectivity index (χ2n) is 7.45. The van der Waals surface area contributed by atoms with Crippen molar-refractivity contribution in [2.75, 3.05) is 12.0 Å². The average Bonchev–Trinajstić information content (AvgIpc) is 2.69. The zero-order valence-electron chi connectivity index (χ0n) is 17.9. The Morgan fingerprint density at radius 2 is 1.87 bits per heavy atom. The minimum absolute atomic E-state index is 0.0390. The molecule has 1 N–H and O–H groups in total. The Hall–Kier alpha value is -2.90. The Morgan fingerprint density at radius 3 is 2.52 bits per heavy atom. The summed E-state index contributed by atoms with van der Waals surface area (Å²) < 4.78 is 11.1. The molecule has 2 aromatic carbocycles. The maximum Gasteiger partial charge on any atom is 0.270 e. The molecule has 0 unspecified atom stereocenters. The second kappa shape index (κ2) is 9.08. The van der Waals surface area contributed by atoms with Gasteiger partial charge in [-0.05, 0) is 80.9 Å². The van der Waals surface area contributed by atoms with Crippen LogP contribution in [0.15, 0.2) is 35.9 Å².